The maximum Gasteiger partial charge on any atom is 0.419 e. The number of benzene rings is 1. The topological polar surface area (TPSA) is 35.5 Å². The van der Waals surface area contributed by atoms with E-state index in [1.165, 1.54) is 6.07 Å². The van der Waals surface area contributed by atoms with Gasteiger partial charge in [0.05, 0.1) is 5.56 Å². The van der Waals surface area contributed by atoms with E-state index in [2.05, 4.69) is 10.2 Å². The molecule has 138 valence electrons. The minimum Gasteiger partial charge on any atom is -0.396 e. The third-order valence-corrected chi connectivity index (χ3v) is 4.28. The highest BCUT2D eigenvalue weighted by Crippen LogP contribution is 2.40. The first-order valence-electron chi connectivity index (χ1n) is 7.59. The van der Waals surface area contributed by atoms with Crippen molar-refractivity contribution in [3.05, 3.63) is 35.1 Å². The van der Waals surface area contributed by atoms with Crippen LogP contribution in [0, 0.1) is 11.2 Å². The summed E-state index contributed by atoms with van der Waals surface area (Å²) in [6, 6.07) is 2.70. The minimum absolute atomic E-state index is 0. The second-order valence-electron chi connectivity index (χ2n) is 6.57. The molecule has 8 heteroatoms. The lowest BCUT2D eigenvalue weighted by Gasteiger charge is -2.43. The van der Waals surface area contributed by atoms with Gasteiger partial charge in [-0.2, -0.15) is 13.2 Å². The number of hydrogen-bond acceptors (Lipinski definition) is 3. The fourth-order valence-electron chi connectivity index (χ4n) is 3.11. The fourth-order valence-corrected chi connectivity index (χ4v) is 3.11. The Labute approximate surface area is 145 Å². The van der Waals surface area contributed by atoms with Gasteiger partial charge in [0.1, 0.15) is 5.82 Å². The molecule has 1 heterocycles. The van der Waals surface area contributed by atoms with E-state index in [4.69, 9.17) is 0 Å². The molecule has 1 fully saturated rings. The molecule has 2 N–H and O–H groups in total. The van der Waals surface area contributed by atoms with E-state index in [9.17, 15) is 22.7 Å². The van der Waals surface area contributed by atoms with Gasteiger partial charge < -0.3 is 10.4 Å². The van der Waals surface area contributed by atoms with E-state index in [0.717, 1.165) is 25.2 Å². The highest BCUT2D eigenvalue weighted by molar-refractivity contribution is 5.85. The standard InChI is InChI=1S/C16H22F4N2O.ClH/c1-15(2,10-23)14(22-7-5-21-6-8-22)11-3-4-12(13(17)9-11)16(18,19)20;/h3-4,9,14,21,23H,5-8,10H2,1-2H3;1H/t14-;/m1./s1. The lowest BCUT2D eigenvalue weighted by Crippen LogP contribution is -2.49. The molecule has 0 unspecified atom stereocenters. The zero-order valence-electron chi connectivity index (χ0n) is 13.7. The van der Waals surface area contributed by atoms with Crippen LogP contribution in [0.3, 0.4) is 0 Å². The quantitative estimate of drug-likeness (QED) is 0.799. The summed E-state index contributed by atoms with van der Waals surface area (Å²) in [6.07, 6.45) is -4.71. The maximum absolute atomic E-state index is 14.0. The lowest BCUT2D eigenvalue weighted by atomic mass is 9.79. The molecule has 0 amide bonds. The van der Waals surface area contributed by atoms with Crippen LogP contribution in [0.5, 0.6) is 0 Å². The second kappa shape index (κ2) is 7.99. The van der Waals surface area contributed by atoms with Gasteiger partial charge in [-0.25, -0.2) is 4.39 Å². The smallest absolute Gasteiger partial charge is 0.396 e. The van der Waals surface area contributed by atoms with Crippen molar-refractivity contribution in [2.45, 2.75) is 26.1 Å². The Kier molecular flexibility index (Phi) is 7.04. The average Bonchev–Trinajstić information content (AvgIpc) is 2.47. The number of aliphatic hydroxyl groups is 1. The van der Waals surface area contributed by atoms with Gasteiger partial charge in [-0.15, -0.1) is 12.4 Å². The van der Waals surface area contributed by atoms with Gasteiger partial charge in [0.15, 0.2) is 0 Å². The molecule has 0 aliphatic carbocycles. The van der Waals surface area contributed by atoms with E-state index in [1.807, 2.05) is 13.8 Å². The van der Waals surface area contributed by atoms with Crippen molar-refractivity contribution in [3.8, 4) is 0 Å². The summed E-state index contributed by atoms with van der Waals surface area (Å²) in [5.41, 5.74) is -1.41. The first kappa shape index (κ1) is 21.2. The molecule has 1 aromatic carbocycles. The monoisotopic (exact) mass is 370 g/mol. The summed E-state index contributed by atoms with van der Waals surface area (Å²) in [4.78, 5) is 2.08. The van der Waals surface area contributed by atoms with Crippen LogP contribution in [0.25, 0.3) is 0 Å². The molecule has 0 bridgehead atoms. The van der Waals surface area contributed by atoms with Crippen LogP contribution >= 0.6 is 12.4 Å². The fraction of sp³-hybridized carbons (Fsp3) is 0.625. The summed E-state index contributed by atoms with van der Waals surface area (Å²) in [5, 5.41) is 12.9. The van der Waals surface area contributed by atoms with Crippen LogP contribution in [0.4, 0.5) is 17.6 Å². The first-order chi connectivity index (χ1) is 10.7. The summed E-state index contributed by atoms with van der Waals surface area (Å²) >= 11 is 0. The number of halogens is 5. The molecule has 1 aromatic rings. The minimum atomic E-state index is -4.71. The number of nitrogens with one attached hydrogen (secondary N) is 1. The molecule has 1 saturated heterocycles. The Morgan fingerprint density at radius 2 is 1.79 bits per heavy atom. The largest absolute Gasteiger partial charge is 0.419 e. The van der Waals surface area contributed by atoms with Gasteiger partial charge in [0, 0.05) is 44.2 Å². The molecule has 0 radical (unpaired) electrons. The Morgan fingerprint density at radius 1 is 1.21 bits per heavy atom. The Morgan fingerprint density at radius 3 is 2.25 bits per heavy atom. The van der Waals surface area contributed by atoms with Crippen molar-refractivity contribution >= 4 is 12.4 Å². The molecule has 0 aromatic heterocycles. The molecule has 24 heavy (non-hydrogen) atoms. The van der Waals surface area contributed by atoms with E-state index in [0.29, 0.717) is 18.7 Å². The van der Waals surface area contributed by atoms with Crippen molar-refractivity contribution in [2.24, 2.45) is 5.41 Å². The molecule has 0 spiro atoms. The summed E-state index contributed by atoms with van der Waals surface area (Å²) in [6.45, 7) is 6.39. The van der Waals surface area contributed by atoms with Crippen molar-refractivity contribution in [3.63, 3.8) is 0 Å². The molecule has 1 aliphatic heterocycles. The number of aliphatic hydroxyl groups excluding tert-OH is 1. The van der Waals surface area contributed by atoms with Crippen molar-refractivity contribution in [1.29, 1.82) is 0 Å². The molecule has 0 saturated carbocycles. The highest BCUT2D eigenvalue weighted by atomic mass is 35.5. The molecular formula is C16H23ClF4N2O. The predicted molar refractivity (Wildman–Crippen MR) is 86.7 cm³/mol. The van der Waals surface area contributed by atoms with Crippen LogP contribution in [0.2, 0.25) is 0 Å². The number of hydrogen-bond donors (Lipinski definition) is 2. The molecule has 3 nitrogen and oxygen atoms in total. The number of rotatable bonds is 4. The number of piperazine rings is 1. The third-order valence-electron chi connectivity index (χ3n) is 4.28. The van der Waals surface area contributed by atoms with Gasteiger partial charge in [-0.05, 0) is 17.7 Å². The van der Waals surface area contributed by atoms with Crippen molar-refractivity contribution in [1.82, 2.24) is 10.2 Å². The zero-order valence-corrected chi connectivity index (χ0v) is 14.5. The van der Waals surface area contributed by atoms with Crippen molar-refractivity contribution < 1.29 is 22.7 Å². The third kappa shape index (κ3) is 4.59. The van der Waals surface area contributed by atoms with Gasteiger partial charge >= 0.3 is 6.18 Å². The summed E-state index contributed by atoms with van der Waals surface area (Å²) in [5.74, 6) is -1.27. The molecule has 1 aliphatic rings. The normalized spacial score (nSPS) is 18.1. The van der Waals surface area contributed by atoms with Gasteiger partial charge in [0.25, 0.3) is 0 Å². The van der Waals surface area contributed by atoms with Crippen molar-refractivity contribution in [2.75, 3.05) is 32.8 Å². The van der Waals surface area contributed by atoms with Gasteiger partial charge in [-0.1, -0.05) is 19.9 Å². The van der Waals surface area contributed by atoms with E-state index < -0.39 is 23.0 Å². The summed E-state index contributed by atoms with van der Waals surface area (Å²) in [7, 11) is 0. The molecule has 1 atom stereocenters. The number of alkyl halides is 3. The van der Waals surface area contributed by atoms with Crippen LogP contribution in [0.1, 0.15) is 31.0 Å². The second-order valence-corrected chi connectivity index (χ2v) is 6.57. The Hall–Kier alpha value is -0.890. The Balaban J connectivity index is 0.00000288. The lowest BCUT2D eigenvalue weighted by molar-refractivity contribution is -0.140. The predicted octanol–water partition coefficient (Wildman–Crippen LogP) is 3.23. The zero-order chi connectivity index (χ0) is 17.3. The van der Waals surface area contributed by atoms with Gasteiger partial charge in [-0.3, -0.25) is 4.90 Å². The highest BCUT2D eigenvalue weighted by Gasteiger charge is 2.38. The van der Waals surface area contributed by atoms with Crippen LogP contribution < -0.4 is 5.32 Å². The SMILES string of the molecule is CC(C)(CO)[C@@H](c1ccc(C(F)(F)F)c(F)c1)N1CCNCC1.Cl. The summed E-state index contributed by atoms with van der Waals surface area (Å²) < 4.78 is 52.2. The van der Waals surface area contributed by atoms with E-state index >= 15 is 0 Å². The van der Waals surface area contributed by atoms with Crippen LogP contribution in [-0.2, 0) is 6.18 Å². The Bertz CT molecular complexity index is 545. The van der Waals surface area contributed by atoms with E-state index in [1.54, 1.807) is 0 Å². The van der Waals surface area contributed by atoms with Crippen LogP contribution in [-0.4, -0.2) is 42.8 Å². The van der Waals surface area contributed by atoms with Gasteiger partial charge in [0.2, 0.25) is 0 Å². The molecular weight excluding hydrogens is 348 g/mol. The van der Waals surface area contributed by atoms with Crippen LogP contribution in [0.15, 0.2) is 18.2 Å². The van der Waals surface area contributed by atoms with E-state index in [-0.39, 0.29) is 25.1 Å². The first-order valence-corrected chi connectivity index (χ1v) is 7.59. The molecule has 2 rings (SSSR count). The maximum atomic E-state index is 14.0. The average molecular weight is 371 g/mol. The number of nitrogens with zero attached hydrogens (tertiary/aromatic N) is 1.